The summed E-state index contributed by atoms with van der Waals surface area (Å²) in [6.45, 7) is 4.71. The van der Waals surface area contributed by atoms with E-state index >= 15 is 0 Å². The summed E-state index contributed by atoms with van der Waals surface area (Å²) in [6.07, 6.45) is 4.05. The summed E-state index contributed by atoms with van der Waals surface area (Å²) in [5.74, 6) is 0.179. The van der Waals surface area contributed by atoms with E-state index in [9.17, 15) is 9.59 Å². The number of nitrogens with two attached hydrogens (primary N) is 1. The summed E-state index contributed by atoms with van der Waals surface area (Å²) in [5, 5.41) is 8.26. The molecule has 4 aromatic rings. The van der Waals surface area contributed by atoms with Crippen molar-refractivity contribution in [3.8, 4) is 11.3 Å². The van der Waals surface area contributed by atoms with Crippen molar-refractivity contribution in [1.82, 2.24) is 24.2 Å². The fourth-order valence-corrected chi connectivity index (χ4v) is 4.56. The minimum atomic E-state index is -0.294. The predicted octanol–water partition coefficient (Wildman–Crippen LogP) is 2.42. The lowest BCUT2D eigenvalue weighted by Crippen LogP contribution is -2.27. The molecule has 1 fully saturated rings. The van der Waals surface area contributed by atoms with Crippen LogP contribution < -0.4 is 11.3 Å². The number of aryl methyl sites for hydroxylation is 1. The number of anilines is 1. The molecule has 0 saturated carbocycles. The van der Waals surface area contributed by atoms with Crippen LogP contribution in [-0.4, -0.2) is 43.2 Å². The number of amides is 1. The van der Waals surface area contributed by atoms with Gasteiger partial charge in [-0.2, -0.15) is 5.10 Å². The number of carbonyl (C=O) groups is 1. The number of likely N-dealkylation sites (tertiary alicyclic amines) is 1. The number of hydrogen-bond donors (Lipinski definition) is 2. The van der Waals surface area contributed by atoms with Crippen LogP contribution in [0, 0.1) is 0 Å². The van der Waals surface area contributed by atoms with Gasteiger partial charge in [-0.05, 0) is 24.6 Å². The second-order valence-corrected chi connectivity index (χ2v) is 7.69. The van der Waals surface area contributed by atoms with Crippen LogP contribution in [0.4, 0.5) is 5.82 Å². The van der Waals surface area contributed by atoms with Gasteiger partial charge in [0, 0.05) is 42.8 Å². The Hall–Kier alpha value is -3.81. The van der Waals surface area contributed by atoms with Gasteiger partial charge in [0.05, 0.1) is 17.1 Å². The number of fused-ring (bicyclic) bond motifs is 2. The second kappa shape index (κ2) is 6.62. The molecule has 0 aliphatic carbocycles. The Morgan fingerprint density at radius 1 is 1.37 bits per heavy atom. The summed E-state index contributed by atoms with van der Waals surface area (Å²) < 4.78 is 4.05. The van der Waals surface area contributed by atoms with Gasteiger partial charge in [-0.15, -0.1) is 0 Å². The number of nitrogens with one attached hydrogen (secondary N) is 1. The Kier molecular flexibility index (Phi) is 4.02. The standard InChI is InChI=1S/C22H22N6O2/c1-3-18(29)27-9-8-14(11-27)28-12-15(19-20(28)22(30)25-24-21(19)23)17-10-13-6-4-5-7-16(13)26(17)2/h3-7,10,12,14H,1,8-9,11H2,2H3,(H2,23,24)(H,25,30)/t14-/m0/s1. The minimum Gasteiger partial charge on any atom is -0.382 e. The van der Waals surface area contributed by atoms with Crippen molar-refractivity contribution in [2.45, 2.75) is 12.5 Å². The first kappa shape index (κ1) is 18.2. The molecule has 0 spiro atoms. The predicted molar refractivity (Wildman–Crippen MR) is 117 cm³/mol. The Bertz CT molecular complexity index is 1380. The lowest BCUT2D eigenvalue weighted by Gasteiger charge is -2.16. The Balaban J connectivity index is 1.73. The van der Waals surface area contributed by atoms with E-state index in [-0.39, 0.29) is 23.3 Å². The van der Waals surface area contributed by atoms with Gasteiger partial charge in [0.1, 0.15) is 5.52 Å². The summed E-state index contributed by atoms with van der Waals surface area (Å²) in [4.78, 5) is 26.6. The van der Waals surface area contributed by atoms with E-state index < -0.39 is 0 Å². The van der Waals surface area contributed by atoms with E-state index in [2.05, 4.69) is 39.5 Å². The zero-order valence-electron chi connectivity index (χ0n) is 16.6. The SMILES string of the molecule is C=CC(=O)N1CC[C@H](n2cc(-c3cc4ccccc4n3C)c3c(N)n[nH]c(=O)c32)C1. The number of aromatic amines is 1. The molecule has 1 atom stereocenters. The first-order valence-corrected chi connectivity index (χ1v) is 9.84. The average Bonchev–Trinajstić information content (AvgIpc) is 3.46. The zero-order chi connectivity index (χ0) is 21.0. The van der Waals surface area contributed by atoms with Gasteiger partial charge in [-0.1, -0.05) is 24.8 Å². The van der Waals surface area contributed by atoms with E-state index in [0.29, 0.717) is 24.0 Å². The van der Waals surface area contributed by atoms with Gasteiger partial charge in [-0.25, -0.2) is 5.10 Å². The van der Waals surface area contributed by atoms with Crippen molar-refractivity contribution in [2.75, 3.05) is 18.8 Å². The molecule has 5 rings (SSSR count). The minimum absolute atomic E-state index is 0.0252. The molecule has 3 aromatic heterocycles. The van der Waals surface area contributed by atoms with Gasteiger partial charge in [0.2, 0.25) is 5.91 Å². The highest BCUT2D eigenvalue weighted by molar-refractivity contribution is 6.03. The van der Waals surface area contributed by atoms with Crippen molar-refractivity contribution in [2.24, 2.45) is 7.05 Å². The molecule has 1 aliphatic heterocycles. The largest absolute Gasteiger partial charge is 0.382 e. The maximum Gasteiger partial charge on any atom is 0.288 e. The highest BCUT2D eigenvalue weighted by Gasteiger charge is 2.29. The first-order chi connectivity index (χ1) is 14.5. The Morgan fingerprint density at radius 3 is 2.93 bits per heavy atom. The first-order valence-electron chi connectivity index (χ1n) is 9.84. The molecule has 0 radical (unpaired) electrons. The molecule has 3 N–H and O–H groups in total. The second-order valence-electron chi connectivity index (χ2n) is 7.69. The lowest BCUT2D eigenvalue weighted by atomic mass is 10.1. The molecule has 8 heteroatoms. The molecule has 0 unspecified atom stereocenters. The summed E-state index contributed by atoms with van der Waals surface area (Å²) in [7, 11) is 2.00. The summed E-state index contributed by atoms with van der Waals surface area (Å²) in [6, 6.07) is 10.2. The van der Waals surface area contributed by atoms with E-state index in [1.54, 1.807) is 4.90 Å². The van der Waals surface area contributed by atoms with Crippen LogP contribution in [0.15, 0.2) is 54.0 Å². The zero-order valence-corrected chi connectivity index (χ0v) is 16.6. The van der Waals surface area contributed by atoms with Crippen LogP contribution in [0.2, 0.25) is 0 Å². The summed E-state index contributed by atoms with van der Waals surface area (Å²) in [5.41, 5.74) is 9.33. The molecule has 152 valence electrons. The number of aromatic nitrogens is 4. The van der Waals surface area contributed by atoms with Crippen molar-refractivity contribution in [3.63, 3.8) is 0 Å². The average molecular weight is 402 g/mol. The van der Waals surface area contributed by atoms with Crippen LogP contribution in [0.25, 0.3) is 33.1 Å². The number of nitrogen functional groups attached to an aromatic ring is 1. The molecular weight excluding hydrogens is 380 g/mol. The number of benzene rings is 1. The maximum absolute atomic E-state index is 12.8. The number of nitrogens with zero attached hydrogens (tertiary/aromatic N) is 4. The number of hydrogen-bond acceptors (Lipinski definition) is 4. The topological polar surface area (TPSA) is 102 Å². The Morgan fingerprint density at radius 2 is 2.17 bits per heavy atom. The van der Waals surface area contributed by atoms with E-state index in [0.717, 1.165) is 28.6 Å². The highest BCUT2D eigenvalue weighted by Crippen LogP contribution is 2.37. The third-order valence-electron chi connectivity index (χ3n) is 6.05. The fourth-order valence-electron chi connectivity index (χ4n) is 4.56. The van der Waals surface area contributed by atoms with Crippen molar-refractivity contribution in [3.05, 3.63) is 59.5 Å². The highest BCUT2D eigenvalue weighted by atomic mass is 16.2. The quantitative estimate of drug-likeness (QED) is 0.514. The molecular formula is C22H22N6O2. The number of carbonyl (C=O) groups excluding carboxylic acids is 1. The molecule has 1 aliphatic rings. The van der Waals surface area contributed by atoms with E-state index in [1.807, 2.05) is 29.9 Å². The van der Waals surface area contributed by atoms with Gasteiger partial charge < -0.3 is 19.8 Å². The van der Waals surface area contributed by atoms with E-state index in [1.165, 1.54) is 6.08 Å². The van der Waals surface area contributed by atoms with Crippen LogP contribution in [-0.2, 0) is 11.8 Å². The van der Waals surface area contributed by atoms with Crippen LogP contribution >= 0.6 is 0 Å². The van der Waals surface area contributed by atoms with Crippen molar-refractivity contribution in [1.29, 1.82) is 0 Å². The molecule has 1 saturated heterocycles. The molecule has 1 aromatic carbocycles. The van der Waals surface area contributed by atoms with Gasteiger partial charge in [0.15, 0.2) is 5.82 Å². The van der Waals surface area contributed by atoms with Crippen LogP contribution in [0.3, 0.4) is 0 Å². The lowest BCUT2D eigenvalue weighted by molar-refractivity contribution is -0.125. The maximum atomic E-state index is 12.8. The molecule has 4 heterocycles. The monoisotopic (exact) mass is 402 g/mol. The van der Waals surface area contributed by atoms with Crippen molar-refractivity contribution < 1.29 is 4.79 Å². The molecule has 30 heavy (non-hydrogen) atoms. The third-order valence-corrected chi connectivity index (χ3v) is 6.05. The third kappa shape index (κ3) is 2.57. The summed E-state index contributed by atoms with van der Waals surface area (Å²) >= 11 is 0. The normalized spacial score (nSPS) is 16.6. The molecule has 0 bridgehead atoms. The van der Waals surface area contributed by atoms with Gasteiger partial charge in [0.25, 0.3) is 5.56 Å². The fraction of sp³-hybridized carbons (Fsp3) is 0.227. The van der Waals surface area contributed by atoms with Crippen LogP contribution in [0.1, 0.15) is 12.5 Å². The van der Waals surface area contributed by atoms with Crippen LogP contribution in [0.5, 0.6) is 0 Å². The van der Waals surface area contributed by atoms with Gasteiger partial charge >= 0.3 is 0 Å². The van der Waals surface area contributed by atoms with Gasteiger partial charge in [-0.3, -0.25) is 9.59 Å². The number of para-hydroxylation sites is 1. The Labute approximate surface area is 172 Å². The van der Waals surface area contributed by atoms with Crippen molar-refractivity contribution >= 4 is 33.5 Å². The van der Waals surface area contributed by atoms with E-state index in [4.69, 9.17) is 5.73 Å². The number of rotatable bonds is 3. The molecule has 1 amide bonds. The molecule has 8 nitrogen and oxygen atoms in total. The number of H-pyrrole nitrogens is 1. The smallest absolute Gasteiger partial charge is 0.288 e.